The van der Waals surface area contributed by atoms with Gasteiger partial charge in [0.1, 0.15) is 5.82 Å². The van der Waals surface area contributed by atoms with E-state index in [9.17, 15) is 14.3 Å². The zero-order valence-electron chi connectivity index (χ0n) is 12.3. The number of carbonyl (C=O) groups is 1. The van der Waals surface area contributed by atoms with Crippen LogP contribution in [0.4, 0.5) is 4.39 Å². The first kappa shape index (κ1) is 15.0. The predicted molar refractivity (Wildman–Crippen MR) is 81.8 cm³/mol. The minimum atomic E-state index is -0.329. The number of halogens is 1. The van der Waals surface area contributed by atoms with E-state index in [2.05, 4.69) is 10.3 Å². The topological polar surface area (TPSA) is 68.4 Å². The van der Waals surface area contributed by atoms with Crippen LogP contribution in [0.2, 0.25) is 0 Å². The van der Waals surface area contributed by atoms with Crippen molar-refractivity contribution < 1.29 is 14.3 Å². The summed E-state index contributed by atoms with van der Waals surface area (Å²) < 4.78 is 13.1. The largest absolute Gasteiger partial charge is 0.392 e. The number of hydrogen-bond donors (Lipinski definition) is 3. The molecule has 1 atom stereocenters. The molecule has 118 valence electrons. The lowest BCUT2D eigenvalue weighted by Crippen LogP contribution is -2.44. The highest BCUT2D eigenvalue weighted by Gasteiger charge is 2.19. The van der Waals surface area contributed by atoms with Crippen LogP contribution in [0.15, 0.2) is 24.3 Å². The molecule has 0 saturated carbocycles. The Balaban J connectivity index is 1.53. The summed E-state index contributed by atoms with van der Waals surface area (Å²) in [6.45, 7) is 2.08. The second-order valence-corrected chi connectivity index (χ2v) is 5.83. The summed E-state index contributed by atoms with van der Waals surface area (Å²) >= 11 is 0. The molecular weight excluding hydrogens is 285 g/mol. The van der Waals surface area contributed by atoms with Crippen molar-refractivity contribution in [3.63, 3.8) is 0 Å². The number of aromatic amines is 1. The van der Waals surface area contributed by atoms with Crippen LogP contribution in [0, 0.1) is 5.82 Å². The van der Waals surface area contributed by atoms with Crippen molar-refractivity contribution in [3.05, 3.63) is 35.8 Å². The number of benzene rings is 1. The van der Waals surface area contributed by atoms with Crippen LogP contribution in [0.3, 0.4) is 0 Å². The smallest absolute Gasteiger partial charge is 0.234 e. The molecule has 3 rings (SSSR count). The van der Waals surface area contributed by atoms with Crippen molar-refractivity contribution in [2.45, 2.75) is 25.5 Å². The summed E-state index contributed by atoms with van der Waals surface area (Å²) in [6, 6.07) is 6.39. The number of nitrogens with zero attached hydrogens (tertiary/aromatic N) is 1. The second kappa shape index (κ2) is 6.46. The summed E-state index contributed by atoms with van der Waals surface area (Å²) in [5.41, 5.74) is 1.69. The maximum Gasteiger partial charge on any atom is 0.234 e. The van der Waals surface area contributed by atoms with Gasteiger partial charge in [-0.3, -0.25) is 9.69 Å². The average Bonchev–Trinajstić information content (AvgIpc) is 2.87. The normalized spacial score (nSPS) is 19.5. The Morgan fingerprint density at radius 2 is 2.32 bits per heavy atom. The number of amides is 1. The molecule has 5 nitrogen and oxygen atoms in total. The molecule has 2 heterocycles. The van der Waals surface area contributed by atoms with Gasteiger partial charge in [0.15, 0.2) is 0 Å². The Morgan fingerprint density at radius 3 is 3.14 bits per heavy atom. The lowest BCUT2D eigenvalue weighted by molar-refractivity contribution is -0.123. The molecule has 1 unspecified atom stereocenters. The van der Waals surface area contributed by atoms with E-state index in [4.69, 9.17) is 0 Å². The average molecular weight is 305 g/mol. The Bertz CT molecular complexity index is 670. The predicted octanol–water partition coefficient (Wildman–Crippen LogP) is 1.38. The molecule has 2 aromatic rings. The Morgan fingerprint density at radius 1 is 1.45 bits per heavy atom. The Kier molecular flexibility index (Phi) is 4.40. The third-order valence-corrected chi connectivity index (χ3v) is 3.96. The monoisotopic (exact) mass is 305 g/mol. The minimum absolute atomic E-state index is 0.0704. The highest BCUT2D eigenvalue weighted by Crippen LogP contribution is 2.16. The molecule has 1 aromatic carbocycles. The van der Waals surface area contributed by atoms with Gasteiger partial charge in [0.25, 0.3) is 0 Å². The van der Waals surface area contributed by atoms with Crippen molar-refractivity contribution >= 4 is 16.8 Å². The van der Waals surface area contributed by atoms with Gasteiger partial charge in [-0.15, -0.1) is 0 Å². The van der Waals surface area contributed by atoms with E-state index in [-0.39, 0.29) is 17.8 Å². The summed E-state index contributed by atoms with van der Waals surface area (Å²) in [4.78, 5) is 17.1. The van der Waals surface area contributed by atoms with Crippen LogP contribution in [-0.2, 0) is 11.3 Å². The summed E-state index contributed by atoms with van der Waals surface area (Å²) in [7, 11) is 0. The lowest BCUT2D eigenvalue weighted by Gasteiger charge is -2.29. The Hall–Kier alpha value is -1.92. The van der Waals surface area contributed by atoms with Gasteiger partial charge in [-0.05, 0) is 43.7 Å². The summed E-state index contributed by atoms with van der Waals surface area (Å²) in [6.07, 6.45) is 1.40. The van der Waals surface area contributed by atoms with E-state index in [0.29, 0.717) is 19.6 Å². The van der Waals surface area contributed by atoms with Crippen LogP contribution in [-0.4, -0.2) is 46.6 Å². The number of β-amino-alcohol motifs (C(OH)–C–C–N with tert-alkyl or cyclic N) is 1. The van der Waals surface area contributed by atoms with Crippen LogP contribution >= 0.6 is 0 Å². The number of likely N-dealkylation sites (tertiary alicyclic amines) is 1. The SMILES string of the molecule is O=C(CN1CCCC(O)C1)NCc1cc2cc(F)ccc2[nH]1. The van der Waals surface area contributed by atoms with Crippen molar-refractivity contribution in [2.24, 2.45) is 0 Å². The van der Waals surface area contributed by atoms with Crippen LogP contribution in [0.5, 0.6) is 0 Å². The summed E-state index contributed by atoms with van der Waals surface area (Å²) in [5.74, 6) is -0.343. The number of aliphatic hydroxyl groups is 1. The number of fused-ring (bicyclic) bond motifs is 1. The molecule has 1 fully saturated rings. The highest BCUT2D eigenvalue weighted by molar-refractivity contribution is 5.81. The quantitative estimate of drug-likeness (QED) is 0.799. The van der Waals surface area contributed by atoms with Crippen LogP contribution in [0.25, 0.3) is 10.9 Å². The molecule has 6 heteroatoms. The van der Waals surface area contributed by atoms with Gasteiger partial charge >= 0.3 is 0 Å². The van der Waals surface area contributed by atoms with E-state index in [0.717, 1.165) is 36.0 Å². The number of nitrogens with one attached hydrogen (secondary N) is 2. The van der Waals surface area contributed by atoms with Crippen molar-refractivity contribution in [1.82, 2.24) is 15.2 Å². The van der Waals surface area contributed by atoms with Crippen molar-refractivity contribution in [1.29, 1.82) is 0 Å². The fourth-order valence-corrected chi connectivity index (χ4v) is 2.89. The van der Waals surface area contributed by atoms with Gasteiger partial charge in [-0.25, -0.2) is 4.39 Å². The number of H-pyrrole nitrogens is 1. The number of piperidine rings is 1. The lowest BCUT2D eigenvalue weighted by atomic mass is 10.1. The molecule has 1 saturated heterocycles. The second-order valence-electron chi connectivity index (χ2n) is 5.83. The number of hydrogen-bond acceptors (Lipinski definition) is 3. The fraction of sp³-hybridized carbons (Fsp3) is 0.438. The van der Waals surface area contributed by atoms with Gasteiger partial charge in [-0.1, -0.05) is 0 Å². The van der Waals surface area contributed by atoms with E-state index in [1.54, 1.807) is 6.07 Å². The van der Waals surface area contributed by atoms with Crippen molar-refractivity contribution in [2.75, 3.05) is 19.6 Å². The number of aliphatic hydroxyl groups excluding tert-OH is 1. The fourth-order valence-electron chi connectivity index (χ4n) is 2.89. The van der Waals surface area contributed by atoms with Crippen molar-refractivity contribution in [3.8, 4) is 0 Å². The van der Waals surface area contributed by atoms with Crippen LogP contribution in [0.1, 0.15) is 18.5 Å². The highest BCUT2D eigenvalue weighted by atomic mass is 19.1. The van der Waals surface area contributed by atoms with E-state index in [1.807, 2.05) is 11.0 Å². The molecule has 0 radical (unpaired) electrons. The molecule has 1 aliphatic rings. The first-order valence-corrected chi connectivity index (χ1v) is 7.54. The van der Waals surface area contributed by atoms with Gasteiger partial charge in [0, 0.05) is 23.1 Å². The van der Waals surface area contributed by atoms with E-state index in [1.165, 1.54) is 12.1 Å². The third kappa shape index (κ3) is 3.64. The molecule has 1 aliphatic heterocycles. The van der Waals surface area contributed by atoms with Crippen LogP contribution < -0.4 is 5.32 Å². The first-order chi connectivity index (χ1) is 10.6. The number of rotatable bonds is 4. The number of carbonyl (C=O) groups excluding carboxylic acids is 1. The molecule has 0 spiro atoms. The minimum Gasteiger partial charge on any atom is -0.392 e. The maximum absolute atomic E-state index is 13.1. The molecule has 22 heavy (non-hydrogen) atoms. The van der Waals surface area contributed by atoms with Gasteiger partial charge in [0.2, 0.25) is 5.91 Å². The van der Waals surface area contributed by atoms with Gasteiger partial charge in [0.05, 0.1) is 19.2 Å². The number of aromatic nitrogens is 1. The first-order valence-electron chi connectivity index (χ1n) is 7.54. The van der Waals surface area contributed by atoms with Gasteiger partial charge in [-0.2, -0.15) is 0 Å². The Labute approximate surface area is 128 Å². The molecule has 0 aliphatic carbocycles. The molecule has 3 N–H and O–H groups in total. The summed E-state index contributed by atoms with van der Waals surface area (Å²) in [5, 5.41) is 13.2. The molecule has 1 amide bonds. The zero-order valence-corrected chi connectivity index (χ0v) is 12.3. The molecular formula is C16H20FN3O2. The maximum atomic E-state index is 13.1. The standard InChI is InChI=1S/C16H20FN3O2/c17-12-3-4-15-11(6-12)7-13(19-15)8-18-16(22)10-20-5-1-2-14(21)9-20/h3-4,6-7,14,19,21H,1-2,5,8-10H2,(H,18,22). The van der Waals surface area contributed by atoms with Gasteiger partial charge < -0.3 is 15.4 Å². The van der Waals surface area contributed by atoms with E-state index < -0.39 is 0 Å². The zero-order chi connectivity index (χ0) is 15.5. The molecule has 0 bridgehead atoms. The molecule has 1 aromatic heterocycles. The third-order valence-electron chi connectivity index (χ3n) is 3.96. The van der Waals surface area contributed by atoms with E-state index >= 15 is 0 Å².